The predicted octanol–water partition coefficient (Wildman–Crippen LogP) is 6.17. The fraction of sp³-hybridized carbons (Fsp3) is 0.462. The van der Waals surface area contributed by atoms with Gasteiger partial charge in [-0.1, -0.05) is 74.3 Å². The highest BCUT2D eigenvalue weighted by atomic mass is 35.5. The molecule has 1 N–H and O–H groups in total. The van der Waals surface area contributed by atoms with Gasteiger partial charge in [0.2, 0.25) is 11.8 Å². The van der Waals surface area contributed by atoms with Gasteiger partial charge in [0.05, 0.1) is 0 Å². The molecule has 32 heavy (non-hydrogen) atoms. The van der Waals surface area contributed by atoms with Crippen LogP contribution in [0, 0.1) is 0 Å². The summed E-state index contributed by atoms with van der Waals surface area (Å²) in [5.74, 6) is -0.282. The molecule has 0 saturated carbocycles. The third-order valence-corrected chi connectivity index (χ3v) is 5.99. The SMILES string of the molecule is CC(C)NC(=O)[C@@H](C)N(Cc1ccc(Cl)cc1Cl)C(=O)CCc1ccc(C(C)(C)C)cc1. The standard InChI is InChI=1S/C26H34Cl2N2O2/c1-17(2)29-25(32)18(3)30(16-20-10-13-22(27)15-23(20)28)24(31)14-9-19-7-11-21(12-8-19)26(4,5)6/h7-8,10-13,15,17-18H,9,14,16H2,1-6H3,(H,29,32)/t18-/m1/s1. The van der Waals surface area contributed by atoms with E-state index in [1.54, 1.807) is 30.0 Å². The van der Waals surface area contributed by atoms with Crippen LogP contribution in [0.2, 0.25) is 10.0 Å². The average molecular weight is 477 g/mol. The molecule has 2 rings (SSSR count). The quantitative estimate of drug-likeness (QED) is 0.495. The van der Waals surface area contributed by atoms with Crippen LogP contribution in [-0.2, 0) is 28.0 Å². The second-order valence-corrected chi connectivity index (χ2v) is 10.4. The Morgan fingerprint density at radius 3 is 2.16 bits per heavy atom. The number of nitrogens with one attached hydrogen (secondary N) is 1. The van der Waals surface area contributed by atoms with E-state index in [1.165, 1.54) is 5.56 Å². The van der Waals surface area contributed by atoms with E-state index in [2.05, 4.69) is 50.4 Å². The van der Waals surface area contributed by atoms with Crippen LogP contribution in [0.4, 0.5) is 0 Å². The Balaban J connectivity index is 2.18. The van der Waals surface area contributed by atoms with Crippen molar-refractivity contribution < 1.29 is 9.59 Å². The molecular formula is C26H34Cl2N2O2. The van der Waals surface area contributed by atoms with E-state index >= 15 is 0 Å². The van der Waals surface area contributed by atoms with Gasteiger partial charge in [0, 0.05) is 29.1 Å². The first-order chi connectivity index (χ1) is 14.9. The van der Waals surface area contributed by atoms with Crippen molar-refractivity contribution in [2.45, 2.75) is 78.4 Å². The highest BCUT2D eigenvalue weighted by Crippen LogP contribution is 2.25. The first kappa shape index (κ1) is 26.2. The van der Waals surface area contributed by atoms with Crippen molar-refractivity contribution in [1.82, 2.24) is 10.2 Å². The molecular weight excluding hydrogens is 443 g/mol. The van der Waals surface area contributed by atoms with Gasteiger partial charge in [-0.15, -0.1) is 0 Å². The lowest BCUT2D eigenvalue weighted by molar-refractivity contribution is -0.140. The third-order valence-electron chi connectivity index (χ3n) is 5.40. The summed E-state index contributed by atoms with van der Waals surface area (Å²) in [4.78, 5) is 27.5. The summed E-state index contributed by atoms with van der Waals surface area (Å²) >= 11 is 12.4. The van der Waals surface area contributed by atoms with Gasteiger partial charge in [0.15, 0.2) is 0 Å². The number of hydrogen-bond donors (Lipinski definition) is 1. The van der Waals surface area contributed by atoms with Crippen LogP contribution in [0.15, 0.2) is 42.5 Å². The number of amides is 2. The van der Waals surface area contributed by atoms with Crippen molar-refractivity contribution in [3.8, 4) is 0 Å². The Morgan fingerprint density at radius 2 is 1.62 bits per heavy atom. The van der Waals surface area contributed by atoms with Crippen molar-refractivity contribution in [2.75, 3.05) is 0 Å². The second kappa shape index (κ2) is 11.2. The molecule has 0 aliphatic heterocycles. The Hall–Kier alpha value is -2.04. The molecule has 174 valence electrons. The van der Waals surface area contributed by atoms with Crippen LogP contribution < -0.4 is 5.32 Å². The lowest BCUT2D eigenvalue weighted by atomic mass is 9.86. The van der Waals surface area contributed by atoms with Crippen LogP contribution in [0.5, 0.6) is 0 Å². The fourth-order valence-electron chi connectivity index (χ4n) is 3.39. The summed E-state index contributed by atoms with van der Waals surface area (Å²) < 4.78 is 0. The van der Waals surface area contributed by atoms with E-state index in [0.29, 0.717) is 22.9 Å². The first-order valence-corrected chi connectivity index (χ1v) is 11.8. The molecule has 0 radical (unpaired) electrons. The topological polar surface area (TPSA) is 49.4 Å². The molecule has 0 aliphatic carbocycles. The van der Waals surface area contributed by atoms with Gasteiger partial charge >= 0.3 is 0 Å². The van der Waals surface area contributed by atoms with Crippen molar-refractivity contribution in [3.63, 3.8) is 0 Å². The highest BCUT2D eigenvalue weighted by Gasteiger charge is 2.27. The summed E-state index contributed by atoms with van der Waals surface area (Å²) in [6.45, 7) is 12.3. The number of hydrogen-bond acceptors (Lipinski definition) is 2. The van der Waals surface area contributed by atoms with Crippen LogP contribution >= 0.6 is 23.2 Å². The molecule has 0 aliphatic rings. The summed E-state index contributed by atoms with van der Waals surface area (Å²) in [5.41, 5.74) is 3.19. The highest BCUT2D eigenvalue weighted by molar-refractivity contribution is 6.35. The van der Waals surface area contributed by atoms with Crippen molar-refractivity contribution in [2.24, 2.45) is 0 Å². The van der Waals surface area contributed by atoms with Gasteiger partial charge in [0.25, 0.3) is 0 Å². The van der Waals surface area contributed by atoms with Crippen LogP contribution in [-0.4, -0.2) is 28.8 Å². The Bertz CT molecular complexity index is 934. The molecule has 0 fully saturated rings. The Morgan fingerprint density at radius 1 is 1.00 bits per heavy atom. The third kappa shape index (κ3) is 7.53. The zero-order valence-corrected chi connectivity index (χ0v) is 21.3. The smallest absolute Gasteiger partial charge is 0.242 e. The summed E-state index contributed by atoms with van der Waals surface area (Å²) in [5, 5.41) is 3.90. The van der Waals surface area contributed by atoms with E-state index in [9.17, 15) is 9.59 Å². The maximum Gasteiger partial charge on any atom is 0.242 e. The van der Waals surface area contributed by atoms with Crippen LogP contribution in [0.3, 0.4) is 0 Å². The van der Waals surface area contributed by atoms with E-state index in [4.69, 9.17) is 23.2 Å². The number of carbonyl (C=O) groups is 2. The van der Waals surface area contributed by atoms with Gasteiger partial charge in [-0.25, -0.2) is 0 Å². The number of aryl methyl sites for hydroxylation is 1. The van der Waals surface area contributed by atoms with E-state index in [-0.39, 0.29) is 29.8 Å². The molecule has 0 bridgehead atoms. The lowest BCUT2D eigenvalue weighted by Gasteiger charge is -2.30. The zero-order valence-electron chi connectivity index (χ0n) is 19.8. The van der Waals surface area contributed by atoms with Gasteiger partial charge in [-0.2, -0.15) is 0 Å². The number of nitrogens with zero attached hydrogens (tertiary/aromatic N) is 1. The number of carbonyl (C=O) groups excluding carboxylic acids is 2. The molecule has 2 aromatic carbocycles. The lowest BCUT2D eigenvalue weighted by Crippen LogP contribution is -2.49. The van der Waals surface area contributed by atoms with Crippen molar-refractivity contribution in [3.05, 3.63) is 69.2 Å². The molecule has 2 aromatic rings. The Labute approximate surface area is 202 Å². The van der Waals surface area contributed by atoms with Crippen LogP contribution in [0.25, 0.3) is 0 Å². The summed E-state index contributed by atoms with van der Waals surface area (Å²) in [6.07, 6.45) is 0.909. The fourth-order valence-corrected chi connectivity index (χ4v) is 3.86. The minimum atomic E-state index is -0.625. The second-order valence-electron chi connectivity index (χ2n) is 9.54. The van der Waals surface area contributed by atoms with Gasteiger partial charge in [0.1, 0.15) is 6.04 Å². The maximum absolute atomic E-state index is 13.2. The minimum Gasteiger partial charge on any atom is -0.352 e. The van der Waals surface area contributed by atoms with Gasteiger partial charge in [-0.05, 0) is 61.4 Å². The average Bonchev–Trinajstić information content (AvgIpc) is 2.70. The summed E-state index contributed by atoms with van der Waals surface area (Å²) in [7, 11) is 0. The maximum atomic E-state index is 13.2. The molecule has 2 amide bonds. The normalized spacial score (nSPS) is 12.5. The molecule has 4 nitrogen and oxygen atoms in total. The molecule has 0 unspecified atom stereocenters. The van der Waals surface area contributed by atoms with Crippen LogP contribution in [0.1, 0.15) is 64.7 Å². The molecule has 0 aromatic heterocycles. The van der Waals surface area contributed by atoms with E-state index < -0.39 is 6.04 Å². The zero-order chi connectivity index (χ0) is 24.1. The van der Waals surface area contributed by atoms with Crippen molar-refractivity contribution in [1.29, 1.82) is 0 Å². The first-order valence-electron chi connectivity index (χ1n) is 11.0. The number of rotatable bonds is 8. The number of halogens is 2. The number of benzene rings is 2. The molecule has 0 saturated heterocycles. The monoisotopic (exact) mass is 476 g/mol. The van der Waals surface area contributed by atoms with Gasteiger partial charge in [-0.3, -0.25) is 9.59 Å². The largest absolute Gasteiger partial charge is 0.352 e. The van der Waals surface area contributed by atoms with E-state index in [1.807, 2.05) is 13.8 Å². The molecule has 1 atom stereocenters. The minimum absolute atomic E-state index is 0.0117. The molecule has 6 heteroatoms. The Kier molecular flexibility index (Phi) is 9.18. The molecule has 0 heterocycles. The summed E-state index contributed by atoms with van der Waals surface area (Å²) in [6, 6.07) is 12.9. The molecule has 0 spiro atoms. The van der Waals surface area contributed by atoms with Gasteiger partial charge < -0.3 is 10.2 Å². The van der Waals surface area contributed by atoms with Crippen molar-refractivity contribution >= 4 is 35.0 Å². The van der Waals surface area contributed by atoms with E-state index in [0.717, 1.165) is 11.1 Å². The predicted molar refractivity (Wildman–Crippen MR) is 133 cm³/mol.